The van der Waals surface area contributed by atoms with Gasteiger partial charge < -0.3 is 5.73 Å². The Labute approximate surface area is 91.5 Å². The summed E-state index contributed by atoms with van der Waals surface area (Å²) < 4.78 is 13.0. The SMILES string of the molecule is CCCCCC(CN)c1cccc(F)c1. The summed E-state index contributed by atoms with van der Waals surface area (Å²) in [4.78, 5) is 0. The standard InChI is InChI=1S/C13H20FN/c1-2-3-4-6-12(10-15)11-7-5-8-13(14)9-11/h5,7-9,12H,2-4,6,10,15H2,1H3. The molecule has 84 valence electrons. The molecule has 1 aromatic rings. The Bertz CT molecular complexity index is 286. The van der Waals surface area contributed by atoms with E-state index in [1.807, 2.05) is 6.07 Å². The van der Waals surface area contributed by atoms with Crippen LogP contribution in [0.4, 0.5) is 4.39 Å². The Hall–Kier alpha value is -0.890. The van der Waals surface area contributed by atoms with E-state index in [-0.39, 0.29) is 5.82 Å². The van der Waals surface area contributed by atoms with Gasteiger partial charge in [0.25, 0.3) is 0 Å². The van der Waals surface area contributed by atoms with E-state index in [0.717, 1.165) is 12.0 Å². The first-order valence-electron chi connectivity index (χ1n) is 5.73. The molecule has 15 heavy (non-hydrogen) atoms. The van der Waals surface area contributed by atoms with Crippen LogP contribution in [-0.2, 0) is 0 Å². The predicted octanol–water partition coefficient (Wildman–Crippen LogP) is 3.45. The largest absolute Gasteiger partial charge is 0.330 e. The lowest BCUT2D eigenvalue weighted by molar-refractivity contribution is 0.565. The molecule has 0 aliphatic carbocycles. The Morgan fingerprint density at radius 3 is 2.73 bits per heavy atom. The van der Waals surface area contributed by atoms with Crippen LogP contribution < -0.4 is 5.73 Å². The van der Waals surface area contributed by atoms with E-state index >= 15 is 0 Å². The summed E-state index contributed by atoms with van der Waals surface area (Å²) in [7, 11) is 0. The lowest BCUT2D eigenvalue weighted by Gasteiger charge is -2.14. The Morgan fingerprint density at radius 1 is 1.33 bits per heavy atom. The van der Waals surface area contributed by atoms with Gasteiger partial charge in [-0.25, -0.2) is 4.39 Å². The van der Waals surface area contributed by atoms with Gasteiger partial charge in [0.1, 0.15) is 5.82 Å². The fourth-order valence-electron chi connectivity index (χ4n) is 1.82. The fourth-order valence-corrected chi connectivity index (χ4v) is 1.82. The molecule has 0 saturated carbocycles. The lowest BCUT2D eigenvalue weighted by atomic mass is 9.93. The van der Waals surface area contributed by atoms with E-state index in [1.165, 1.54) is 25.3 Å². The summed E-state index contributed by atoms with van der Waals surface area (Å²) in [5, 5.41) is 0. The molecule has 2 N–H and O–H groups in total. The maximum atomic E-state index is 13.0. The molecule has 0 saturated heterocycles. The summed E-state index contributed by atoms with van der Waals surface area (Å²) in [5.74, 6) is 0.147. The van der Waals surface area contributed by atoms with Gasteiger partial charge in [0.2, 0.25) is 0 Å². The first kappa shape index (κ1) is 12.2. The minimum absolute atomic E-state index is 0.165. The van der Waals surface area contributed by atoms with Crippen LogP contribution in [0.25, 0.3) is 0 Å². The van der Waals surface area contributed by atoms with Gasteiger partial charge >= 0.3 is 0 Å². The topological polar surface area (TPSA) is 26.0 Å². The average molecular weight is 209 g/mol. The molecule has 1 nitrogen and oxygen atoms in total. The quantitative estimate of drug-likeness (QED) is 0.713. The minimum atomic E-state index is -0.165. The summed E-state index contributed by atoms with van der Waals surface area (Å²) in [6.45, 7) is 2.78. The summed E-state index contributed by atoms with van der Waals surface area (Å²) in [6, 6.07) is 6.80. The van der Waals surface area contributed by atoms with Crippen molar-refractivity contribution in [3.8, 4) is 0 Å². The van der Waals surface area contributed by atoms with E-state index in [1.54, 1.807) is 12.1 Å². The van der Waals surface area contributed by atoms with Crippen molar-refractivity contribution in [1.82, 2.24) is 0 Å². The Balaban J connectivity index is 2.57. The number of nitrogens with two attached hydrogens (primary N) is 1. The highest BCUT2D eigenvalue weighted by atomic mass is 19.1. The van der Waals surface area contributed by atoms with Gasteiger partial charge in [0.15, 0.2) is 0 Å². The third-order valence-corrected chi connectivity index (χ3v) is 2.76. The zero-order valence-corrected chi connectivity index (χ0v) is 9.38. The van der Waals surface area contributed by atoms with Crippen molar-refractivity contribution in [2.45, 2.75) is 38.5 Å². The van der Waals surface area contributed by atoms with Crippen molar-refractivity contribution in [2.75, 3.05) is 6.54 Å². The van der Waals surface area contributed by atoms with E-state index in [4.69, 9.17) is 5.73 Å². The second kappa shape index (κ2) is 6.57. The highest BCUT2D eigenvalue weighted by Crippen LogP contribution is 2.21. The van der Waals surface area contributed by atoms with Crippen LogP contribution in [0.3, 0.4) is 0 Å². The van der Waals surface area contributed by atoms with Gasteiger partial charge in [-0.3, -0.25) is 0 Å². The highest BCUT2D eigenvalue weighted by molar-refractivity contribution is 5.20. The number of rotatable bonds is 6. The van der Waals surface area contributed by atoms with Crippen molar-refractivity contribution < 1.29 is 4.39 Å². The van der Waals surface area contributed by atoms with E-state index in [9.17, 15) is 4.39 Å². The molecule has 1 aromatic carbocycles. The molecule has 1 unspecified atom stereocenters. The molecule has 0 aromatic heterocycles. The molecule has 0 radical (unpaired) electrons. The molecule has 1 rings (SSSR count). The van der Waals surface area contributed by atoms with Crippen molar-refractivity contribution >= 4 is 0 Å². The molecular weight excluding hydrogens is 189 g/mol. The molecule has 2 heteroatoms. The number of unbranched alkanes of at least 4 members (excludes halogenated alkanes) is 2. The van der Waals surface area contributed by atoms with Gasteiger partial charge in [-0.1, -0.05) is 38.3 Å². The number of benzene rings is 1. The first-order valence-corrected chi connectivity index (χ1v) is 5.73. The van der Waals surface area contributed by atoms with E-state index in [0.29, 0.717) is 12.5 Å². The maximum Gasteiger partial charge on any atom is 0.123 e. The van der Waals surface area contributed by atoms with Gasteiger partial charge in [0, 0.05) is 0 Å². The van der Waals surface area contributed by atoms with Crippen LogP contribution in [0.1, 0.15) is 44.1 Å². The highest BCUT2D eigenvalue weighted by Gasteiger charge is 2.09. The predicted molar refractivity (Wildman–Crippen MR) is 62.3 cm³/mol. The summed E-state index contributed by atoms with van der Waals surface area (Å²) >= 11 is 0. The monoisotopic (exact) mass is 209 g/mol. The van der Waals surface area contributed by atoms with Crippen LogP contribution in [0.15, 0.2) is 24.3 Å². The average Bonchev–Trinajstić information content (AvgIpc) is 2.24. The zero-order valence-electron chi connectivity index (χ0n) is 9.38. The van der Waals surface area contributed by atoms with Gasteiger partial charge in [-0.05, 0) is 36.6 Å². The molecule has 0 heterocycles. The third kappa shape index (κ3) is 4.00. The van der Waals surface area contributed by atoms with Crippen molar-refractivity contribution in [2.24, 2.45) is 5.73 Å². The third-order valence-electron chi connectivity index (χ3n) is 2.76. The van der Waals surface area contributed by atoms with Crippen molar-refractivity contribution in [1.29, 1.82) is 0 Å². The van der Waals surface area contributed by atoms with Crippen LogP contribution in [0.2, 0.25) is 0 Å². The van der Waals surface area contributed by atoms with Gasteiger partial charge in [-0.15, -0.1) is 0 Å². The molecule has 0 aliphatic rings. The minimum Gasteiger partial charge on any atom is -0.330 e. The molecule has 0 bridgehead atoms. The molecule has 0 aliphatic heterocycles. The second-order valence-corrected chi connectivity index (χ2v) is 3.98. The fraction of sp³-hybridized carbons (Fsp3) is 0.538. The maximum absolute atomic E-state index is 13.0. The van der Waals surface area contributed by atoms with Crippen LogP contribution >= 0.6 is 0 Å². The Morgan fingerprint density at radius 2 is 2.13 bits per heavy atom. The van der Waals surface area contributed by atoms with Crippen molar-refractivity contribution in [3.63, 3.8) is 0 Å². The molecular formula is C13H20FN. The summed E-state index contributed by atoms with van der Waals surface area (Å²) in [5.41, 5.74) is 6.75. The van der Waals surface area contributed by atoms with Crippen LogP contribution in [0, 0.1) is 5.82 Å². The number of halogens is 1. The molecule has 1 atom stereocenters. The zero-order chi connectivity index (χ0) is 11.1. The second-order valence-electron chi connectivity index (χ2n) is 3.98. The summed E-state index contributed by atoms with van der Waals surface area (Å²) in [6.07, 6.45) is 4.68. The number of hydrogen-bond donors (Lipinski definition) is 1. The van der Waals surface area contributed by atoms with Gasteiger partial charge in [-0.2, -0.15) is 0 Å². The van der Waals surface area contributed by atoms with Crippen molar-refractivity contribution in [3.05, 3.63) is 35.6 Å². The Kier molecular flexibility index (Phi) is 5.33. The van der Waals surface area contributed by atoms with Crippen LogP contribution in [-0.4, -0.2) is 6.54 Å². The number of hydrogen-bond acceptors (Lipinski definition) is 1. The lowest BCUT2D eigenvalue weighted by Crippen LogP contribution is -2.12. The normalized spacial score (nSPS) is 12.7. The van der Waals surface area contributed by atoms with Gasteiger partial charge in [0.05, 0.1) is 0 Å². The van der Waals surface area contributed by atoms with E-state index < -0.39 is 0 Å². The first-order chi connectivity index (χ1) is 7.27. The van der Waals surface area contributed by atoms with Crippen LogP contribution in [0.5, 0.6) is 0 Å². The molecule has 0 fully saturated rings. The van der Waals surface area contributed by atoms with E-state index in [2.05, 4.69) is 6.92 Å². The molecule has 0 amide bonds. The smallest absolute Gasteiger partial charge is 0.123 e. The molecule has 0 spiro atoms.